The topological polar surface area (TPSA) is 35.5 Å². The molecule has 0 amide bonds. The summed E-state index contributed by atoms with van der Waals surface area (Å²) in [4.78, 5) is 2.38. The van der Waals surface area contributed by atoms with Crippen molar-refractivity contribution < 1.29 is 5.11 Å². The molecule has 0 aromatic heterocycles. The van der Waals surface area contributed by atoms with E-state index in [1.807, 2.05) is 12.1 Å². The third kappa shape index (κ3) is 5.26. The molecule has 4 heteroatoms. The van der Waals surface area contributed by atoms with E-state index in [0.29, 0.717) is 12.0 Å². The van der Waals surface area contributed by atoms with Crippen molar-refractivity contribution in [2.45, 2.75) is 38.3 Å². The molecule has 2 rings (SSSR count). The van der Waals surface area contributed by atoms with Crippen LogP contribution >= 0.6 is 11.6 Å². The van der Waals surface area contributed by atoms with Crippen LogP contribution in [0.4, 0.5) is 0 Å². The zero-order valence-electron chi connectivity index (χ0n) is 13.1. The van der Waals surface area contributed by atoms with Gasteiger partial charge in [0.05, 0.1) is 6.10 Å². The van der Waals surface area contributed by atoms with Gasteiger partial charge < -0.3 is 15.3 Å². The molecule has 0 heterocycles. The van der Waals surface area contributed by atoms with Crippen LogP contribution in [0.2, 0.25) is 5.02 Å². The molecule has 1 fully saturated rings. The van der Waals surface area contributed by atoms with Gasteiger partial charge in [-0.1, -0.05) is 30.7 Å². The van der Waals surface area contributed by atoms with Crippen molar-refractivity contribution in [1.29, 1.82) is 0 Å². The van der Waals surface area contributed by atoms with E-state index in [9.17, 15) is 5.11 Å². The van der Waals surface area contributed by atoms with Crippen LogP contribution in [-0.4, -0.2) is 42.8 Å². The quantitative estimate of drug-likeness (QED) is 0.774. The Bertz CT molecular complexity index is 435. The lowest BCUT2D eigenvalue weighted by atomic mass is 9.82. The van der Waals surface area contributed by atoms with Gasteiger partial charge in [-0.05, 0) is 63.0 Å². The molecule has 1 atom stereocenters. The van der Waals surface area contributed by atoms with Crippen LogP contribution in [0.5, 0.6) is 0 Å². The van der Waals surface area contributed by atoms with Crippen LogP contribution in [-0.2, 0) is 0 Å². The maximum absolute atomic E-state index is 9.35. The molecule has 0 saturated heterocycles. The number of nitrogens with zero attached hydrogens (tertiary/aromatic N) is 1. The predicted octanol–water partition coefficient (Wildman–Crippen LogP) is 3.08. The van der Waals surface area contributed by atoms with E-state index in [1.54, 1.807) is 0 Å². The highest BCUT2D eigenvalue weighted by molar-refractivity contribution is 6.30. The minimum Gasteiger partial charge on any atom is -0.393 e. The van der Waals surface area contributed by atoms with Gasteiger partial charge in [-0.2, -0.15) is 0 Å². The van der Waals surface area contributed by atoms with Crippen molar-refractivity contribution in [2.24, 2.45) is 5.92 Å². The molecule has 1 saturated carbocycles. The zero-order chi connectivity index (χ0) is 15.2. The third-order valence-corrected chi connectivity index (χ3v) is 4.52. The van der Waals surface area contributed by atoms with Gasteiger partial charge in [-0.25, -0.2) is 0 Å². The van der Waals surface area contributed by atoms with E-state index in [4.69, 9.17) is 11.6 Å². The first-order valence-electron chi connectivity index (χ1n) is 7.94. The number of halogens is 1. The Morgan fingerprint density at radius 1 is 1.43 bits per heavy atom. The van der Waals surface area contributed by atoms with Gasteiger partial charge in [0.25, 0.3) is 0 Å². The van der Waals surface area contributed by atoms with Gasteiger partial charge in [-0.15, -0.1) is 0 Å². The van der Waals surface area contributed by atoms with Crippen molar-refractivity contribution in [3.8, 4) is 0 Å². The molecule has 1 unspecified atom stereocenters. The summed E-state index contributed by atoms with van der Waals surface area (Å²) in [5.41, 5.74) is 1.26. The molecule has 1 aliphatic rings. The second-order valence-electron chi connectivity index (χ2n) is 6.21. The Hall–Kier alpha value is -0.610. The minimum atomic E-state index is -0.0515. The molecule has 0 spiro atoms. The Labute approximate surface area is 133 Å². The number of aliphatic hydroxyl groups is 1. The SMILES string of the molecule is CCNC(CCN(C)CC1CC(O)C1)c1cccc(Cl)c1. The summed E-state index contributed by atoms with van der Waals surface area (Å²) in [6.45, 7) is 5.23. The fourth-order valence-electron chi connectivity index (χ4n) is 3.09. The summed E-state index contributed by atoms with van der Waals surface area (Å²) >= 11 is 6.10. The van der Waals surface area contributed by atoms with Gasteiger partial charge in [0.15, 0.2) is 0 Å². The largest absolute Gasteiger partial charge is 0.393 e. The molecule has 3 nitrogen and oxygen atoms in total. The lowest BCUT2D eigenvalue weighted by Gasteiger charge is -2.35. The van der Waals surface area contributed by atoms with Crippen molar-refractivity contribution in [1.82, 2.24) is 10.2 Å². The Kier molecular flexibility index (Phi) is 6.49. The molecule has 0 radical (unpaired) electrons. The highest BCUT2D eigenvalue weighted by Gasteiger charge is 2.27. The van der Waals surface area contributed by atoms with Crippen LogP contribution in [0.1, 0.15) is 37.8 Å². The maximum Gasteiger partial charge on any atom is 0.0546 e. The van der Waals surface area contributed by atoms with E-state index in [2.05, 4.69) is 36.3 Å². The van der Waals surface area contributed by atoms with Crippen molar-refractivity contribution in [2.75, 3.05) is 26.7 Å². The highest BCUT2D eigenvalue weighted by Crippen LogP contribution is 2.28. The molecular weight excluding hydrogens is 284 g/mol. The summed E-state index contributed by atoms with van der Waals surface area (Å²) in [6.07, 6.45) is 2.95. The monoisotopic (exact) mass is 310 g/mol. The molecule has 1 aromatic rings. The van der Waals surface area contributed by atoms with Crippen LogP contribution < -0.4 is 5.32 Å². The maximum atomic E-state index is 9.35. The average molecular weight is 311 g/mol. The van der Waals surface area contributed by atoms with Gasteiger partial charge in [0.1, 0.15) is 0 Å². The second kappa shape index (κ2) is 8.14. The van der Waals surface area contributed by atoms with E-state index >= 15 is 0 Å². The minimum absolute atomic E-state index is 0.0515. The Balaban J connectivity index is 1.82. The number of benzene rings is 1. The molecule has 1 aliphatic carbocycles. The number of hydrogen-bond acceptors (Lipinski definition) is 3. The summed E-state index contributed by atoms with van der Waals surface area (Å²) in [6, 6.07) is 8.48. The van der Waals surface area contributed by atoms with Crippen LogP contribution in [0.3, 0.4) is 0 Å². The normalized spacial score (nSPS) is 23.1. The molecule has 0 aliphatic heterocycles. The first-order valence-corrected chi connectivity index (χ1v) is 8.31. The lowest BCUT2D eigenvalue weighted by molar-refractivity contribution is 0.0279. The number of aliphatic hydroxyl groups excluding tert-OH is 1. The van der Waals surface area contributed by atoms with Crippen molar-refractivity contribution in [3.05, 3.63) is 34.9 Å². The third-order valence-electron chi connectivity index (χ3n) is 4.28. The standard InChI is InChI=1S/C17H27ClN2O/c1-3-19-17(14-5-4-6-15(18)11-14)7-8-20(2)12-13-9-16(21)10-13/h4-6,11,13,16-17,19,21H,3,7-10,12H2,1-2H3. The summed E-state index contributed by atoms with van der Waals surface area (Å²) < 4.78 is 0. The molecular formula is C17H27ClN2O. The van der Waals surface area contributed by atoms with Crippen LogP contribution in [0.25, 0.3) is 0 Å². The number of nitrogens with one attached hydrogen (secondary N) is 1. The predicted molar refractivity (Wildman–Crippen MR) is 88.7 cm³/mol. The average Bonchev–Trinajstić information content (AvgIpc) is 2.41. The second-order valence-corrected chi connectivity index (χ2v) is 6.64. The summed E-state index contributed by atoms with van der Waals surface area (Å²) in [7, 11) is 2.17. The van der Waals surface area contributed by atoms with E-state index in [-0.39, 0.29) is 6.10 Å². The number of hydrogen-bond donors (Lipinski definition) is 2. The molecule has 0 bridgehead atoms. The summed E-state index contributed by atoms with van der Waals surface area (Å²) in [5.74, 6) is 0.675. The Morgan fingerprint density at radius 2 is 2.19 bits per heavy atom. The van der Waals surface area contributed by atoms with Gasteiger partial charge in [0.2, 0.25) is 0 Å². The van der Waals surface area contributed by atoms with E-state index < -0.39 is 0 Å². The number of rotatable bonds is 8. The fourth-order valence-corrected chi connectivity index (χ4v) is 3.29. The van der Waals surface area contributed by atoms with Crippen molar-refractivity contribution >= 4 is 11.6 Å². The lowest BCUT2D eigenvalue weighted by Crippen LogP contribution is -2.38. The van der Waals surface area contributed by atoms with Gasteiger partial charge in [-0.3, -0.25) is 0 Å². The van der Waals surface area contributed by atoms with Crippen LogP contribution in [0, 0.1) is 5.92 Å². The van der Waals surface area contributed by atoms with E-state index in [1.165, 1.54) is 5.56 Å². The molecule has 118 valence electrons. The highest BCUT2D eigenvalue weighted by atomic mass is 35.5. The fraction of sp³-hybridized carbons (Fsp3) is 0.647. The summed E-state index contributed by atoms with van der Waals surface area (Å²) in [5, 5.41) is 13.7. The first kappa shape index (κ1) is 16.8. The van der Waals surface area contributed by atoms with Crippen LogP contribution in [0.15, 0.2) is 24.3 Å². The van der Waals surface area contributed by atoms with Gasteiger partial charge >= 0.3 is 0 Å². The Morgan fingerprint density at radius 3 is 2.81 bits per heavy atom. The van der Waals surface area contributed by atoms with Crippen molar-refractivity contribution in [3.63, 3.8) is 0 Å². The molecule has 2 N–H and O–H groups in total. The van der Waals surface area contributed by atoms with E-state index in [0.717, 1.165) is 43.9 Å². The molecule has 21 heavy (non-hydrogen) atoms. The molecule has 1 aromatic carbocycles. The smallest absolute Gasteiger partial charge is 0.0546 e. The zero-order valence-corrected chi connectivity index (χ0v) is 13.8. The first-order chi connectivity index (χ1) is 10.1. The van der Waals surface area contributed by atoms with Gasteiger partial charge in [0, 0.05) is 17.6 Å².